The summed E-state index contributed by atoms with van der Waals surface area (Å²) in [6.07, 6.45) is 1.51. The second kappa shape index (κ2) is 6.93. The molecule has 2 rings (SSSR count). The lowest BCUT2D eigenvalue weighted by molar-refractivity contribution is 0.419. The number of hydrogen-bond acceptors (Lipinski definition) is 3. The highest BCUT2D eigenvalue weighted by Crippen LogP contribution is 2.28. The molecule has 104 valence electrons. The van der Waals surface area contributed by atoms with Crippen LogP contribution in [0.15, 0.2) is 36.4 Å². The fraction of sp³-hybridized carbons (Fsp3) is 0.353. The largest absolute Gasteiger partial charge is 0.496 e. The summed E-state index contributed by atoms with van der Waals surface area (Å²) in [5.41, 5.74) is 1.23. The highest BCUT2D eigenvalue weighted by Gasteiger charge is 2.08. The normalized spacial score (nSPS) is 12.1. The van der Waals surface area contributed by atoms with Crippen LogP contribution in [0.1, 0.15) is 25.3 Å². The van der Waals surface area contributed by atoms with Gasteiger partial charge in [-0.25, -0.2) is 0 Å². The fourth-order valence-corrected chi connectivity index (χ4v) is 2.39. The zero-order valence-corrected chi connectivity index (χ0v) is 12.0. The maximum atomic E-state index is 8.80. The number of fused-ring (bicyclic) bond motifs is 1. The Morgan fingerprint density at radius 1 is 1.20 bits per heavy atom. The third-order valence-corrected chi connectivity index (χ3v) is 3.61. The van der Waals surface area contributed by atoms with Crippen LogP contribution >= 0.6 is 0 Å². The van der Waals surface area contributed by atoms with Gasteiger partial charge in [-0.05, 0) is 23.4 Å². The first-order valence-electron chi connectivity index (χ1n) is 6.95. The molecular weight excluding hydrogens is 248 g/mol. The number of nitrogens with zero attached hydrogens (tertiary/aromatic N) is 1. The average molecular weight is 268 g/mol. The quantitative estimate of drug-likeness (QED) is 0.870. The Hall–Kier alpha value is -2.05. The molecule has 20 heavy (non-hydrogen) atoms. The minimum absolute atomic E-state index is 0.251. The van der Waals surface area contributed by atoms with E-state index in [1.54, 1.807) is 7.11 Å². The first-order valence-corrected chi connectivity index (χ1v) is 6.95. The molecule has 0 heterocycles. The van der Waals surface area contributed by atoms with Crippen LogP contribution in [0, 0.1) is 11.3 Å². The van der Waals surface area contributed by atoms with Gasteiger partial charge in [0.05, 0.1) is 19.6 Å². The summed E-state index contributed by atoms with van der Waals surface area (Å²) in [7, 11) is 1.69. The summed E-state index contributed by atoms with van der Waals surface area (Å²) in [5.74, 6) is 0.897. The van der Waals surface area contributed by atoms with Crippen molar-refractivity contribution in [2.45, 2.75) is 32.4 Å². The predicted octanol–water partition coefficient (Wildman–Crippen LogP) is 3.63. The first kappa shape index (κ1) is 14.4. The highest BCUT2D eigenvalue weighted by atomic mass is 16.5. The number of ether oxygens (including phenoxy) is 1. The molecule has 0 saturated heterocycles. The molecule has 2 aromatic carbocycles. The maximum Gasteiger partial charge on any atom is 0.126 e. The number of methoxy groups -OCH3 is 1. The zero-order valence-electron chi connectivity index (χ0n) is 12.0. The minimum atomic E-state index is 0.251. The van der Waals surface area contributed by atoms with Crippen molar-refractivity contribution in [3.05, 3.63) is 42.0 Å². The average Bonchev–Trinajstić information content (AvgIpc) is 2.51. The molecule has 0 aromatic heterocycles. The van der Waals surface area contributed by atoms with E-state index >= 15 is 0 Å². The van der Waals surface area contributed by atoms with E-state index in [0.717, 1.165) is 24.1 Å². The van der Waals surface area contributed by atoms with E-state index in [0.29, 0.717) is 6.42 Å². The molecule has 1 N–H and O–H groups in total. The third-order valence-electron chi connectivity index (χ3n) is 3.61. The number of benzene rings is 2. The van der Waals surface area contributed by atoms with Crippen molar-refractivity contribution >= 4 is 10.8 Å². The van der Waals surface area contributed by atoms with Crippen molar-refractivity contribution in [3.8, 4) is 11.8 Å². The standard InChI is InChI=1S/C17H20N2O/c1-3-14(10-11-18)19-12-13-8-9-17(20-2)16-7-5-4-6-15(13)16/h4-9,14,19H,3,10,12H2,1-2H3. The van der Waals surface area contributed by atoms with Gasteiger partial charge < -0.3 is 10.1 Å². The lowest BCUT2D eigenvalue weighted by Gasteiger charge is -2.15. The molecule has 0 aliphatic heterocycles. The second-order valence-electron chi connectivity index (χ2n) is 4.82. The fourth-order valence-electron chi connectivity index (χ4n) is 2.39. The monoisotopic (exact) mass is 268 g/mol. The van der Waals surface area contributed by atoms with Gasteiger partial charge >= 0.3 is 0 Å². The van der Waals surface area contributed by atoms with Gasteiger partial charge in [0.15, 0.2) is 0 Å². The van der Waals surface area contributed by atoms with Crippen molar-refractivity contribution < 1.29 is 4.74 Å². The summed E-state index contributed by atoms with van der Waals surface area (Å²) in [6.45, 7) is 2.87. The van der Waals surface area contributed by atoms with Gasteiger partial charge in [-0.1, -0.05) is 37.3 Å². The molecule has 0 amide bonds. The molecule has 0 fully saturated rings. The van der Waals surface area contributed by atoms with Gasteiger partial charge in [0.25, 0.3) is 0 Å². The van der Waals surface area contributed by atoms with E-state index < -0.39 is 0 Å². The van der Waals surface area contributed by atoms with Crippen LogP contribution in [0.2, 0.25) is 0 Å². The van der Waals surface area contributed by atoms with E-state index in [9.17, 15) is 0 Å². The molecule has 2 aromatic rings. The van der Waals surface area contributed by atoms with Gasteiger partial charge in [0.1, 0.15) is 5.75 Å². The molecule has 1 atom stereocenters. The molecular formula is C17H20N2O. The molecule has 0 aliphatic rings. The van der Waals surface area contributed by atoms with Crippen molar-refractivity contribution in [2.24, 2.45) is 0 Å². The molecule has 1 unspecified atom stereocenters. The van der Waals surface area contributed by atoms with Crippen LogP contribution in [0.3, 0.4) is 0 Å². The van der Waals surface area contributed by atoms with Crippen molar-refractivity contribution in [2.75, 3.05) is 7.11 Å². The summed E-state index contributed by atoms with van der Waals surface area (Å²) in [6, 6.07) is 14.8. The number of rotatable bonds is 6. The number of nitrogens with one attached hydrogen (secondary N) is 1. The molecule has 0 spiro atoms. The van der Waals surface area contributed by atoms with Crippen LogP contribution in [0.25, 0.3) is 10.8 Å². The lowest BCUT2D eigenvalue weighted by atomic mass is 10.0. The predicted molar refractivity (Wildman–Crippen MR) is 81.6 cm³/mol. The Balaban J connectivity index is 2.25. The topological polar surface area (TPSA) is 45.0 Å². The molecule has 0 bridgehead atoms. The SMILES string of the molecule is CCC(CC#N)NCc1ccc(OC)c2ccccc12. The van der Waals surface area contributed by atoms with Crippen LogP contribution in [-0.2, 0) is 6.54 Å². The Morgan fingerprint density at radius 2 is 1.95 bits per heavy atom. The van der Waals surface area contributed by atoms with E-state index in [4.69, 9.17) is 10.00 Å². The van der Waals surface area contributed by atoms with Crippen LogP contribution < -0.4 is 10.1 Å². The summed E-state index contributed by atoms with van der Waals surface area (Å²) in [4.78, 5) is 0. The van der Waals surface area contributed by atoms with E-state index in [1.807, 2.05) is 18.2 Å². The summed E-state index contributed by atoms with van der Waals surface area (Å²) < 4.78 is 5.40. The lowest BCUT2D eigenvalue weighted by Crippen LogP contribution is -2.27. The Kier molecular flexibility index (Phi) is 4.97. The Bertz CT molecular complexity index is 616. The van der Waals surface area contributed by atoms with Crippen LogP contribution in [0.5, 0.6) is 5.75 Å². The minimum Gasteiger partial charge on any atom is -0.496 e. The highest BCUT2D eigenvalue weighted by molar-refractivity contribution is 5.91. The van der Waals surface area contributed by atoms with Crippen molar-refractivity contribution in [3.63, 3.8) is 0 Å². The number of hydrogen-bond donors (Lipinski definition) is 1. The van der Waals surface area contributed by atoms with Gasteiger partial charge in [-0.3, -0.25) is 0 Å². The van der Waals surface area contributed by atoms with Crippen molar-refractivity contribution in [1.29, 1.82) is 5.26 Å². The second-order valence-corrected chi connectivity index (χ2v) is 4.82. The molecule has 0 saturated carbocycles. The van der Waals surface area contributed by atoms with Gasteiger partial charge in [-0.15, -0.1) is 0 Å². The first-order chi connectivity index (χ1) is 9.80. The molecule has 3 nitrogen and oxygen atoms in total. The van der Waals surface area contributed by atoms with Crippen LogP contribution in [-0.4, -0.2) is 13.2 Å². The van der Waals surface area contributed by atoms with Gasteiger partial charge in [0.2, 0.25) is 0 Å². The molecule has 3 heteroatoms. The van der Waals surface area contributed by atoms with Gasteiger partial charge in [-0.2, -0.15) is 5.26 Å². The molecule has 0 aliphatic carbocycles. The van der Waals surface area contributed by atoms with E-state index in [2.05, 4.69) is 36.5 Å². The van der Waals surface area contributed by atoms with E-state index in [-0.39, 0.29) is 6.04 Å². The van der Waals surface area contributed by atoms with Crippen LogP contribution in [0.4, 0.5) is 0 Å². The summed E-state index contributed by atoms with van der Waals surface area (Å²) in [5, 5.41) is 14.6. The maximum absolute atomic E-state index is 8.80. The third kappa shape index (κ3) is 3.09. The Morgan fingerprint density at radius 3 is 2.60 bits per heavy atom. The Labute approximate surface area is 120 Å². The summed E-state index contributed by atoms with van der Waals surface area (Å²) >= 11 is 0. The van der Waals surface area contributed by atoms with Crippen molar-refractivity contribution in [1.82, 2.24) is 5.32 Å². The zero-order chi connectivity index (χ0) is 14.4. The number of nitriles is 1. The molecule has 0 radical (unpaired) electrons. The van der Waals surface area contributed by atoms with E-state index in [1.165, 1.54) is 10.9 Å². The smallest absolute Gasteiger partial charge is 0.126 e. The van der Waals surface area contributed by atoms with Gasteiger partial charge in [0, 0.05) is 18.0 Å².